The van der Waals surface area contributed by atoms with Crippen molar-refractivity contribution in [2.75, 3.05) is 0 Å². The third-order valence-corrected chi connectivity index (χ3v) is 5.27. The summed E-state index contributed by atoms with van der Waals surface area (Å²) in [5, 5.41) is 0. The summed E-state index contributed by atoms with van der Waals surface area (Å²) >= 11 is -0.0665. The quantitative estimate of drug-likeness (QED) is 0.747. The third kappa shape index (κ3) is 3.98. The molecule has 1 heteroatoms. The number of hydrogen-bond donors (Lipinski definition) is 0. The zero-order valence-corrected chi connectivity index (χ0v) is 10.6. The molecule has 0 fully saturated rings. The van der Waals surface area contributed by atoms with Crippen molar-refractivity contribution < 1.29 is 0 Å². The Morgan fingerprint density at radius 3 is 2.46 bits per heavy atom. The van der Waals surface area contributed by atoms with Crippen LogP contribution in [0.25, 0.3) is 0 Å². The standard InChI is InChI=1S/C12H16Te/c1-3-8-11(4-2)13-12-9-6-5-7-10-12/h5-10H,3-4H2,1-2H3/b11-8+. The number of allylic oxidation sites excluding steroid dienone is 2. The summed E-state index contributed by atoms with van der Waals surface area (Å²) in [5.74, 6) is 0. The molecule has 0 bridgehead atoms. The fraction of sp³-hybridized carbons (Fsp3) is 0.333. The van der Waals surface area contributed by atoms with Gasteiger partial charge in [-0.1, -0.05) is 0 Å². The van der Waals surface area contributed by atoms with Crippen molar-refractivity contribution in [3.8, 4) is 0 Å². The Kier molecular flexibility index (Phi) is 5.20. The number of rotatable bonds is 4. The predicted molar refractivity (Wildman–Crippen MR) is 60.5 cm³/mol. The van der Waals surface area contributed by atoms with E-state index in [0.29, 0.717) is 0 Å². The first-order chi connectivity index (χ1) is 6.36. The molecule has 0 N–H and O–H groups in total. The van der Waals surface area contributed by atoms with Gasteiger partial charge in [0.15, 0.2) is 0 Å². The predicted octanol–water partition coefficient (Wildman–Crippen LogP) is 2.72. The summed E-state index contributed by atoms with van der Waals surface area (Å²) in [6.45, 7) is 4.48. The average molecular weight is 288 g/mol. The molecule has 0 saturated heterocycles. The summed E-state index contributed by atoms with van der Waals surface area (Å²) in [5.41, 5.74) is 0. The second-order valence-electron chi connectivity index (χ2n) is 2.85. The van der Waals surface area contributed by atoms with E-state index in [1.54, 1.807) is 7.23 Å². The van der Waals surface area contributed by atoms with Crippen molar-refractivity contribution in [3.63, 3.8) is 0 Å². The summed E-state index contributed by atoms with van der Waals surface area (Å²) < 4.78 is 3.23. The van der Waals surface area contributed by atoms with Crippen molar-refractivity contribution >= 4 is 24.5 Å². The minimum atomic E-state index is -0.0665. The molecular formula is C12H16Te. The number of benzene rings is 1. The van der Waals surface area contributed by atoms with Crippen molar-refractivity contribution in [1.29, 1.82) is 0 Å². The third-order valence-electron chi connectivity index (χ3n) is 1.77. The second-order valence-corrected chi connectivity index (χ2v) is 6.27. The van der Waals surface area contributed by atoms with Crippen LogP contribution < -0.4 is 3.61 Å². The van der Waals surface area contributed by atoms with E-state index in [-0.39, 0.29) is 20.9 Å². The van der Waals surface area contributed by atoms with Gasteiger partial charge in [0.1, 0.15) is 0 Å². The molecule has 0 saturated carbocycles. The summed E-state index contributed by atoms with van der Waals surface area (Å²) in [7, 11) is 0. The van der Waals surface area contributed by atoms with Gasteiger partial charge in [-0.15, -0.1) is 0 Å². The molecule has 0 aliphatic rings. The summed E-state index contributed by atoms with van der Waals surface area (Å²) in [6, 6.07) is 10.9. The SMILES string of the molecule is CC/C=C(\CC)[Te]c1ccccc1. The zero-order valence-electron chi connectivity index (χ0n) is 8.29. The van der Waals surface area contributed by atoms with Crippen LogP contribution in [0.2, 0.25) is 0 Å². The van der Waals surface area contributed by atoms with Crippen molar-refractivity contribution in [2.24, 2.45) is 0 Å². The molecule has 0 nitrogen and oxygen atoms in total. The van der Waals surface area contributed by atoms with Crippen molar-refractivity contribution in [3.05, 3.63) is 40.0 Å². The maximum atomic E-state index is 2.40. The Bertz CT molecular complexity index is 262. The Hall–Kier alpha value is -0.250. The molecule has 1 aromatic carbocycles. The molecule has 0 spiro atoms. The van der Waals surface area contributed by atoms with Gasteiger partial charge in [-0.3, -0.25) is 0 Å². The molecule has 1 aromatic rings. The van der Waals surface area contributed by atoms with Crippen LogP contribution in [0.5, 0.6) is 0 Å². The van der Waals surface area contributed by atoms with Gasteiger partial charge < -0.3 is 0 Å². The van der Waals surface area contributed by atoms with Crippen LogP contribution >= 0.6 is 0 Å². The molecule has 0 radical (unpaired) electrons. The molecule has 0 amide bonds. The van der Waals surface area contributed by atoms with Gasteiger partial charge in [0.05, 0.1) is 0 Å². The van der Waals surface area contributed by atoms with E-state index < -0.39 is 0 Å². The van der Waals surface area contributed by atoms with E-state index in [2.05, 4.69) is 50.3 Å². The molecule has 13 heavy (non-hydrogen) atoms. The van der Waals surface area contributed by atoms with Crippen molar-refractivity contribution in [1.82, 2.24) is 0 Å². The molecule has 1 rings (SSSR count). The second kappa shape index (κ2) is 6.24. The normalized spacial score (nSPS) is 11.7. The topological polar surface area (TPSA) is 0 Å². The van der Waals surface area contributed by atoms with Crippen LogP contribution in [0.15, 0.2) is 40.0 Å². The first-order valence-corrected chi connectivity index (χ1v) is 7.11. The van der Waals surface area contributed by atoms with Gasteiger partial charge in [-0.05, 0) is 0 Å². The first kappa shape index (κ1) is 10.8. The maximum absolute atomic E-state index is 2.40. The Morgan fingerprint density at radius 1 is 1.23 bits per heavy atom. The molecular weight excluding hydrogens is 272 g/mol. The molecule has 0 unspecified atom stereocenters. The fourth-order valence-electron chi connectivity index (χ4n) is 1.13. The number of hydrogen-bond acceptors (Lipinski definition) is 0. The molecule has 0 aliphatic heterocycles. The van der Waals surface area contributed by atoms with Gasteiger partial charge >= 0.3 is 91.3 Å². The molecule has 0 aromatic heterocycles. The summed E-state index contributed by atoms with van der Waals surface area (Å²) in [4.78, 5) is 0. The Labute approximate surface area is 91.1 Å². The van der Waals surface area contributed by atoms with E-state index >= 15 is 0 Å². The van der Waals surface area contributed by atoms with Gasteiger partial charge in [-0.2, -0.15) is 0 Å². The fourth-order valence-corrected chi connectivity index (χ4v) is 3.95. The molecule has 0 aliphatic carbocycles. The van der Waals surface area contributed by atoms with Crippen LogP contribution in [-0.2, 0) is 0 Å². The van der Waals surface area contributed by atoms with E-state index in [1.807, 2.05) is 0 Å². The zero-order chi connectivity index (χ0) is 9.52. The van der Waals surface area contributed by atoms with Crippen LogP contribution in [0, 0.1) is 0 Å². The van der Waals surface area contributed by atoms with Crippen LogP contribution in [0.1, 0.15) is 26.7 Å². The average Bonchev–Trinajstić information content (AvgIpc) is 2.19. The molecule has 0 atom stereocenters. The van der Waals surface area contributed by atoms with Crippen LogP contribution in [-0.4, -0.2) is 20.9 Å². The minimum absolute atomic E-state index is 0.0665. The van der Waals surface area contributed by atoms with E-state index in [4.69, 9.17) is 0 Å². The van der Waals surface area contributed by atoms with E-state index in [0.717, 1.165) is 0 Å². The van der Waals surface area contributed by atoms with Crippen molar-refractivity contribution in [2.45, 2.75) is 26.7 Å². The van der Waals surface area contributed by atoms with E-state index in [1.165, 1.54) is 12.8 Å². The van der Waals surface area contributed by atoms with Gasteiger partial charge in [0.25, 0.3) is 0 Å². The monoisotopic (exact) mass is 290 g/mol. The van der Waals surface area contributed by atoms with Gasteiger partial charge in [-0.25, -0.2) is 0 Å². The van der Waals surface area contributed by atoms with Crippen LogP contribution in [0.4, 0.5) is 0 Å². The van der Waals surface area contributed by atoms with Gasteiger partial charge in [0.2, 0.25) is 0 Å². The Morgan fingerprint density at radius 2 is 1.92 bits per heavy atom. The molecule has 70 valence electrons. The van der Waals surface area contributed by atoms with E-state index in [9.17, 15) is 0 Å². The Balaban J connectivity index is 2.62. The van der Waals surface area contributed by atoms with Crippen LogP contribution in [0.3, 0.4) is 0 Å². The van der Waals surface area contributed by atoms with Gasteiger partial charge in [0, 0.05) is 0 Å². The first-order valence-electron chi connectivity index (χ1n) is 4.78. The summed E-state index contributed by atoms with van der Waals surface area (Å²) in [6.07, 6.45) is 4.81. The molecule has 0 heterocycles.